The van der Waals surface area contributed by atoms with Crippen LogP contribution in [0, 0.1) is 6.92 Å². The van der Waals surface area contributed by atoms with E-state index >= 15 is 0 Å². The molecule has 1 N–H and O–H groups in total. The van der Waals surface area contributed by atoms with Gasteiger partial charge >= 0.3 is 0 Å². The molecule has 108 valence electrons. The van der Waals surface area contributed by atoms with Gasteiger partial charge in [-0.2, -0.15) is 0 Å². The molecule has 1 aromatic carbocycles. The van der Waals surface area contributed by atoms with Crippen molar-refractivity contribution >= 4 is 11.3 Å². The predicted molar refractivity (Wildman–Crippen MR) is 81.8 cm³/mol. The summed E-state index contributed by atoms with van der Waals surface area (Å²) in [5.41, 5.74) is 4.14. The number of rotatable bonds is 7. The first-order chi connectivity index (χ1) is 9.74. The lowest BCUT2D eigenvalue weighted by Crippen LogP contribution is -2.06. The third-order valence-corrected chi connectivity index (χ3v) is 4.04. The van der Waals surface area contributed by atoms with Gasteiger partial charge in [0.2, 0.25) is 0 Å². The molecule has 0 spiro atoms. The monoisotopic (exact) mass is 292 g/mol. The first-order valence-corrected chi connectivity index (χ1v) is 7.46. The standard InChI is InChI=1S/C15H20N2O2S/c1-11-15(20-10-17-11)6-7-19-13-5-4-12(9-16-2)8-14(13)18-3/h4-5,8,10,16H,6-7,9H2,1-3H3. The van der Waals surface area contributed by atoms with Gasteiger partial charge in [0.1, 0.15) is 0 Å². The summed E-state index contributed by atoms with van der Waals surface area (Å²) in [7, 11) is 3.59. The molecule has 1 aromatic heterocycles. The van der Waals surface area contributed by atoms with E-state index in [0.29, 0.717) is 6.61 Å². The van der Waals surface area contributed by atoms with E-state index in [-0.39, 0.29) is 0 Å². The third kappa shape index (κ3) is 3.71. The fourth-order valence-electron chi connectivity index (χ4n) is 1.97. The quantitative estimate of drug-likeness (QED) is 0.852. The highest BCUT2D eigenvalue weighted by Crippen LogP contribution is 2.28. The van der Waals surface area contributed by atoms with Crippen LogP contribution in [0.15, 0.2) is 23.7 Å². The van der Waals surface area contributed by atoms with Gasteiger partial charge in [-0.05, 0) is 31.7 Å². The summed E-state index contributed by atoms with van der Waals surface area (Å²) in [4.78, 5) is 5.51. The lowest BCUT2D eigenvalue weighted by Gasteiger charge is -2.12. The molecule has 5 heteroatoms. The van der Waals surface area contributed by atoms with Gasteiger partial charge in [0.25, 0.3) is 0 Å². The third-order valence-electron chi connectivity index (χ3n) is 3.04. The summed E-state index contributed by atoms with van der Waals surface area (Å²) in [6.07, 6.45) is 0.873. The van der Waals surface area contributed by atoms with Gasteiger partial charge in [0.05, 0.1) is 24.9 Å². The Balaban J connectivity index is 1.96. The SMILES string of the molecule is CNCc1ccc(OCCc2scnc2C)c(OC)c1. The van der Waals surface area contributed by atoms with Crippen LogP contribution in [0.5, 0.6) is 11.5 Å². The Morgan fingerprint density at radius 3 is 2.80 bits per heavy atom. The van der Waals surface area contributed by atoms with Crippen molar-refractivity contribution in [3.05, 3.63) is 39.8 Å². The maximum atomic E-state index is 5.82. The van der Waals surface area contributed by atoms with Gasteiger partial charge in [0.15, 0.2) is 11.5 Å². The van der Waals surface area contributed by atoms with Crippen molar-refractivity contribution < 1.29 is 9.47 Å². The molecular weight excluding hydrogens is 272 g/mol. The molecule has 0 amide bonds. The topological polar surface area (TPSA) is 43.4 Å². The van der Waals surface area contributed by atoms with Crippen LogP contribution in [-0.4, -0.2) is 25.7 Å². The maximum Gasteiger partial charge on any atom is 0.161 e. The summed E-state index contributed by atoms with van der Waals surface area (Å²) in [6.45, 7) is 3.47. The molecule has 0 aliphatic heterocycles. The van der Waals surface area contributed by atoms with Gasteiger partial charge in [-0.15, -0.1) is 11.3 Å². The number of nitrogens with one attached hydrogen (secondary N) is 1. The van der Waals surface area contributed by atoms with Crippen LogP contribution in [0.1, 0.15) is 16.1 Å². The zero-order valence-corrected chi connectivity index (χ0v) is 12.9. The number of hydrogen-bond acceptors (Lipinski definition) is 5. The smallest absolute Gasteiger partial charge is 0.161 e. The van der Waals surface area contributed by atoms with Gasteiger partial charge in [0, 0.05) is 17.8 Å². The average Bonchev–Trinajstić information content (AvgIpc) is 2.86. The van der Waals surface area contributed by atoms with Crippen LogP contribution in [-0.2, 0) is 13.0 Å². The molecule has 2 aromatic rings. The lowest BCUT2D eigenvalue weighted by atomic mass is 10.2. The zero-order valence-electron chi connectivity index (χ0n) is 12.1. The molecule has 0 fully saturated rings. The Hall–Kier alpha value is -1.59. The molecule has 20 heavy (non-hydrogen) atoms. The van der Waals surface area contributed by atoms with E-state index in [9.17, 15) is 0 Å². The summed E-state index contributed by atoms with van der Waals surface area (Å²) in [5, 5.41) is 3.12. The molecule has 2 rings (SSSR count). The van der Waals surface area contributed by atoms with Crippen LogP contribution in [0.25, 0.3) is 0 Å². The first kappa shape index (κ1) is 14.8. The van der Waals surface area contributed by atoms with Crippen molar-refractivity contribution in [2.45, 2.75) is 19.9 Å². The van der Waals surface area contributed by atoms with E-state index in [4.69, 9.17) is 9.47 Å². The molecule has 0 aliphatic rings. The second kappa shape index (κ2) is 7.26. The van der Waals surface area contributed by atoms with Crippen LogP contribution in [0.2, 0.25) is 0 Å². The Morgan fingerprint density at radius 2 is 2.15 bits per heavy atom. The summed E-state index contributed by atoms with van der Waals surface area (Å²) in [5.74, 6) is 1.56. The lowest BCUT2D eigenvalue weighted by molar-refractivity contribution is 0.298. The van der Waals surface area contributed by atoms with Gasteiger partial charge in [-0.1, -0.05) is 6.07 Å². The summed E-state index contributed by atoms with van der Waals surface area (Å²) < 4.78 is 11.2. The number of nitrogens with zero attached hydrogens (tertiary/aromatic N) is 1. The van der Waals surface area contributed by atoms with Crippen LogP contribution >= 0.6 is 11.3 Å². The first-order valence-electron chi connectivity index (χ1n) is 6.58. The van der Waals surface area contributed by atoms with Crippen LogP contribution in [0.4, 0.5) is 0 Å². The number of aryl methyl sites for hydroxylation is 1. The second-order valence-corrected chi connectivity index (χ2v) is 5.41. The highest BCUT2D eigenvalue weighted by atomic mass is 32.1. The van der Waals surface area contributed by atoms with Crippen molar-refractivity contribution in [3.63, 3.8) is 0 Å². The number of ether oxygens (including phenoxy) is 2. The van der Waals surface area contributed by atoms with Crippen molar-refractivity contribution in [1.82, 2.24) is 10.3 Å². The summed E-state index contributed by atoms with van der Waals surface area (Å²) in [6, 6.07) is 6.01. The minimum absolute atomic E-state index is 0.630. The largest absolute Gasteiger partial charge is 0.493 e. The highest BCUT2D eigenvalue weighted by Gasteiger charge is 2.07. The number of hydrogen-bond donors (Lipinski definition) is 1. The maximum absolute atomic E-state index is 5.82. The van der Waals surface area contributed by atoms with E-state index in [2.05, 4.69) is 10.3 Å². The molecule has 0 atom stereocenters. The average molecular weight is 292 g/mol. The zero-order chi connectivity index (χ0) is 14.4. The van der Waals surface area contributed by atoms with Gasteiger partial charge < -0.3 is 14.8 Å². The molecule has 0 saturated heterocycles. The number of methoxy groups -OCH3 is 1. The Labute approximate surface area is 123 Å². The fraction of sp³-hybridized carbons (Fsp3) is 0.400. The molecule has 0 unspecified atom stereocenters. The summed E-state index contributed by atoms with van der Waals surface area (Å²) >= 11 is 1.67. The van der Waals surface area contributed by atoms with Crippen LogP contribution in [0.3, 0.4) is 0 Å². The molecule has 0 aliphatic carbocycles. The number of thiazole rings is 1. The Kier molecular flexibility index (Phi) is 5.38. The number of benzene rings is 1. The molecular formula is C15H20N2O2S. The minimum Gasteiger partial charge on any atom is -0.493 e. The molecule has 0 radical (unpaired) electrons. The van der Waals surface area contributed by atoms with E-state index < -0.39 is 0 Å². The van der Waals surface area contributed by atoms with Gasteiger partial charge in [-0.25, -0.2) is 4.98 Å². The fourth-order valence-corrected chi connectivity index (χ4v) is 2.73. The second-order valence-electron chi connectivity index (χ2n) is 4.47. The normalized spacial score (nSPS) is 10.6. The van der Waals surface area contributed by atoms with Crippen molar-refractivity contribution in [2.24, 2.45) is 0 Å². The Morgan fingerprint density at radius 1 is 1.30 bits per heavy atom. The molecule has 1 heterocycles. The minimum atomic E-state index is 0.630. The van der Waals surface area contributed by atoms with E-state index in [1.54, 1.807) is 18.4 Å². The highest BCUT2D eigenvalue weighted by molar-refractivity contribution is 7.09. The molecule has 4 nitrogen and oxygen atoms in total. The van der Waals surface area contributed by atoms with E-state index in [1.165, 1.54) is 10.4 Å². The molecule has 0 bridgehead atoms. The van der Waals surface area contributed by atoms with Gasteiger partial charge in [-0.3, -0.25) is 0 Å². The van der Waals surface area contributed by atoms with E-state index in [0.717, 1.165) is 30.2 Å². The predicted octanol–water partition coefficient (Wildman–Crippen LogP) is 2.80. The van der Waals surface area contributed by atoms with Crippen molar-refractivity contribution in [1.29, 1.82) is 0 Å². The van der Waals surface area contributed by atoms with Crippen molar-refractivity contribution in [3.8, 4) is 11.5 Å². The van der Waals surface area contributed by atoms with E-state index in [1.807, 2.05) is 37.7 Å². The number of aromatic nitrogens is 1. The molecule has 0 saturated carbocycles. The van der Waals surface area contributed by atoms with Crippen LogP contribution < -0.4 is 14.8 Å². The van der Waals surface area contributed by atoms with Crippen molar-refractivity contribution in [2.75, 3.05) is 20.8 Å². The Bertz CT molecular complexity index is 555.